The first-order valence-corrected chi connectivity index (χ1v) is 21.9. The molecule has 0 bridgehead atoms. The van der Waals surface area contributed by atoms with Crippen molar-refractivity contribution in [2.45, 2.75) is 19.3 Å². The molecule has 0 amide bonds. The van der Waals surface area contributed by atoms with Gasteiger partial charge in [-0.05, 0) is 125 Å². The zero-order chi connectivity index (χ0) is 41.8. The van der Waals surface area contributed by atoms with E-state index in [1.165, 1.54) is 76.5 Å². The summed E-state index contributed by atoms with van der Waals surface area (Å²) >= 11 is 0. The molecule has 0 radical (unpaired) electrons. The molecule has 11 aromatic carbocycles. The van der Waals surface area contributed by atoms with E-state index in [-0.39, 0.29) is 5.41 Å². The molecule has 1 heterocycles. The van der Waals surface area contributed by atoms with Crippen LogP contribution in [0.25, 0.3) is 98.4 Å². The zero-order valence-corrected chi connectivity index (χ0v) is 35.1. The lowest BCUT2D eigenvalue weighted by molar-refractivity contribution is 0.660. The number of anilines is 3. The van der Waals surface area contributed by atoms with E-state index in [4.69, 9.17) is 4.42 Å². The molecule has 0 N–H and O–H groups in total. The molecule has 0 spiro atoms. The molecule has 2 heteroatoms. The van der Waals surface area contributed by atoms with Crippen LogP contribution in [-0.2, 0) is 5.41 Å². The number of nitrogens with zero attached hydrogens (tertiary/aromatic N) is 1. The molecule has 1 aliphatic carbocycles. The summed E-state index contributed by atoms with van der Waals surface area (Å²) in [6.45, 7) is 4.72. The Morgan fingerprint density at radius 3 is 1.65 bits per heavy atom. The van der Waals surface area contributed by atoms with Crippen LogP contribution in [0.5, 0.6) is 0 Å². The minimum Gasteiger partial charge on any atom is -0.455 e. The predicted molar refractivity (Wildman–Crippen MR) is 267 cm³/mol. The van der Waals surface area contributed by atoms with Gasteiger partial charge in [-0.3, -0.25) is 0 Å². The van der Waals surface area contributed by atoms with E-state index in [2.05, 4.69) is 231 Å². The predicted octanol–water partition coefficient (Wildman–Crippen LogP) is 17.3. The summed E-state index contributed by atoms with van der Waals surface area (Å²) in [6, 6.07) is 77.9. The highest BCUT2D eigenvalue weighted by Gasteiger charge is 2.38. The SMILES string of the molecule is CC1(C)c2ccccc2-c2c(N(c3ccc(-c4cc5ccccc5c5ccccc45)cc3)c3ccc(-c4cc5ccccc5c5ccccc45)c4oc5ccccc5c34)cccc21. The van der Waals surface area contributed by atoms with Gasteiger partial charge in [-0.15, -0.1) is 0 Å². The highest BCUT2D eigenvalue weighted by Crippen LogP contribution is 2.56. The Morgan fingerprint density at radius 1 is 0.381 bits per heavy atom. The number of benzene rings is 11. The van der Waals surface area contributed by atoms with Crippen molar-refractivity contribution >= 4 is 82.1 Å². The Hall–Kier alpha value is -7.94. The second-order valence-corrected chi connectivity index (χ2v) is 17.6. The third kappa shape index (κ3) is 5.25. The lowest BCUT2D eigenvalue weighted by Crippen LogP contribution is -2.16. The fraction of sp³-hybridized carbons (Fsp3) is 0.0492. The van der Waals surface area contributed by atoms with E-state index >= 15 is 0 Å². The largest absolute Gasteiger partial charge is 0.455 e. The van der Waals surface area contributed by atoms with Crippen LogP contribution in [0, 0.1) is 0 Å². The summed E-state index contributed by atoms with van der Waals surface area (Å²) < 4.78 is 7.07. The highest BCUT2D eigenvalue weighted by molar-refractivity contribution is 6.21. The highest BCUT2D eigenvalue weighted by atomic mass is 16.3. The summed E-state index contributed by atoms with van der Waals surface area (Å²) in [5.41, 5.74) is 14.8. The van der Waals surface area contributed by atoms with E-state index < -0.39 is 0 Å². The minimum absolute atomic E-state index is 0.159. The van der Waals surface area contributed by atoms with Gasteiger partial charge >= 0.3 is 0 Å². The summed E-state index contributed by atoms with van der Waals surface area (Å²) in [5.74, 6) is 0. The monoisotopic (exact) mass is 803 g/mol. The molecule has 13 rings (SSSR count). The van der Waals surface area contributed by atoms with Crippen molar-refractivity contribution in [2.24, 2.45) is 0 Å². The molecule has 296 valence electrons. The van der Waals surface area contributed by atoms with Crippen molar-refractivity contribution in [1.82, 2.24) is 0 Å². The second-order valence-electron chi connectivity index (χ2n) is 17.6. The molecule has 1 aromatic heterocycles. The molecule has 2 nitrogen and oxygen atoms in total. The summed E-state index contributed by atoms with van der Waals surface area (Å²) in [7, 11) is 0. The fourth-order valence-electron chi connectivity index (χ4n) is 10.9. The molecule has 63 heavy (non-hydrogen) atoms. The van der Waals surface area contributed by atoms with Gasteiger partial charge in [-0.1, -0.05) is 178 Å². The lowest BCUT2D eigenvalue weighted by atomic mass is 9.82. The van der Waals surface area contributed by atoms with Crippen LogP contribution >= 0.6 is 0 Å². The Morgan fingerprint density at radius 2 is 0.937 bits per heavy atom. The third-order valence-corrected chi connectivity index (χ3v) is 13.8. The van der Waals surface area contributed by atoms with Gasteiger partial charge in [-0.2, -0.15) is 0 Å². The van der Waals surface area contributed by atoms with Crippen LogP contribution in [0.4, 0.5) is 17.1 Å². The van der Waals surface area contributed by atoms with E-state index in [1.807, 2.05) is 0 Å². The van der Waals surface area contributed by atoms with Gasteiger partial charge in [0.05, 0.1) is 16.8 Å². The number of hydrogen-bond acceptors (Lipinski definition) is 2. The first-order valence-electron chi connectivity index (χ1n) is 21.9. The smallest absolute Gasteiger partial charge is 0.145 e. The molecule has 0 atom stereocenters. The zero-order valence-electron chi connectivity index (χ0n) is 35.1. The average Bonchev–Trinajstić information content (AvgIpc) is 3.84. The quantitative estimate of drug-likeness (QED) is 0.161. The Labute approximate surface area is 365 Å². The van der Waals surface area contributed by atoms with E-state index in [9.17, 15) is 0 Å². The van der Waals surface area contributed by atoms with E-state index in [1.54, 1.807) is 0 Å². The summed E-state index contributed by atoms with van der Waals surface area (Å²) in [6.07, 6.45) is 0. The first-order chi connectivity index (χ1) is 31.0. The molecular formula is C61H41NO. The molecular weight excluding hydrogens is 763 g/mol. The van der Waals surface area contributed by atoms with Crippen molar-refractivity contribution in [3.8, 4) is 33.4 Å². The molecule has 12 aromatic rings. The van der Waals surface area contributed by atoms with Crippen molar-refractivity contribution in [2.75, 3.05) is 4.90 Å². The maximum Gasteiger partial charge on any atom is 0.145 e. The maximum atomic E-state index is 7.07. The average molecular weight is 804 g/mol. The first kappa shape index (κ1) is 35.8. The second kappa shape index (κ2) is 13.5. The molecule has 1 aliphatic rings. The number of fused-ring (bicyclic) bond motifs is 12. The van der Waals surface area contributed by atoms with Crippen molar-refractivity contribution in [3.63, 3.8) is 0 Å². The maximum absolute atomic E-state index is 7.07. The Balaban J connectivity index is 1.09. The van der Waals surface area contributed by atoms with Crippen molar-refractivity contribution < 1.29 is 4.42 Å². The van der Waals surface area contributed by atoms with Crippen LogP contribution in [0.15, 0.2) is 217 Å². The molecule has 0 fully saturated rings. The van der Waals surface area contributed by atoms with E-state index in [0.717, 1.165) is 50.1 Å². The van der Waals surface area contributed by atoms with E-state index in [0.29, 0.717) is 0 Å². The number of rotatable bonds is 5. The van der Waals surface area contributed by atoms with Gasteiger partial charge in [-0.25, -0.2) is 0 Å². The lowest BCUT2D eigenvalue weighted by Gasteiger charge is -2.30. The molecule has 0 saturated carbocycles. The van der Waals surface area contributed by atoms with Crippen LogP contribution in [0.2, 0.25) is 0 Å². The fourth-order valence-corrected chi connectivity index (χ4v) is 10.9. The van der Waals surface area contributed by atoms with Gasteiger partial charge in [0.2, 0.25) is 0 Å². The van der Waals surface area contributed by atoms with Gasteiger partial charge in [0.15, 0.2) is 0 Å². The molecule has 0 unspecified atom stereocenters. The minimum atomic E-state index is -0.159. The molecule has 0 saturated heterocycles. The van der Waals surface area contributed by atoms with Crippen LogP contribution in [-0.4, -0.2) is 0 Å². The van der Waals surface area contributed by atoms with Crippen LogP contribution in [0.1, 0.15) is 25.0 Å². The number of hydrogen-bond donors (Lipinski definition) is 0. The number of furan rings is 1. The third-order valence-electron chi connectivity index (χ3n) is 13.8. The topological polar surface area (TPSA) is 16.4 Å². The Bertz CT molecular complexity index is 3830. The van der Waals surface area contributed by atoms with Crippen LogP contribution in [0.3, 0.4) is 0 Å². The summed E-state index contributed by atoms with van der Waals surface area (Å²) in [4.78, 5) is 2.49. The van der Waals surface area contributed by atoms with Crippen LogP contribution < -0.4 is 4.90 Å². The van der Waals surface area contributed by atoms with Gasteiger partial charge < -0.3 is 9.32 Å². The van der Waals surface area contributed by atoms with Gasteiger partial charge in [0.1, 0.15) is 11.2 Å². The Kier molecular flexibility index (Phi) is 7.68. The number of para-hydroxylation sites is 1. The van der Waals surface area contributed by atoms with Crippen molar-refractivity contribution in [1.29, 1.82) is 0 Å². The van der Waals surface area contributed by atoms with Crippen molar-refractivity contribution in [3.05, 3.63) is 223 Å². The molecule has 0 aliphatic heterocycles. The standard InChI is InChI=1S/C61H41NO/c1-61(2)53-26-13-11-24-49(53)58-54(61)27-15-28-55(58)62(41-32-30-38(31-33-41)51-36-39-16-3-5-18-42(39)44-20-7-9-22-46(44)51)56-35-34-48(60-59(56)50-25-12-14-29-57(50)63-60)52-37-40-17-4-6-19-43(40)45-21-8-10-23-47(45)52/h3-37H,1-2H3. The normalized spacial score (nSPS) is 13.0. The summed E-state index contributed by atoms with van der Waals surface area (Å²) in [5, 5.41) is 12.1. The van der Waals surface area contributed by atoms with Gasteiger partial charge in [0.25, 0.3) is 0 Å². The van der Waals surface area contributed by atoms with Gasteiger partial charge in [0, 0.05) is 27.6 Å².